The molecule has 65 heavy (non-hydrogen) atoms. The number of benzene rings is 8. The maximum atomic E-state index is 6.87. The van der Waals surface area contributed by atoms with E-state index < -0.39 is 0 Å². The van der Waals surface area contributed by atoms with Crippen LogP contribution in [0.1, 0.15) is 26.3 Å². The molecule has 0 saturated carbocycles. The molecule has 12 rings (SSSR count). The normalized spacial score (nSPS) is 12.6. The summed E-state index contributed by atoms with van der Waals surface area (Å²) in [5.41, 5.74) is 12.7. The first-order valence-corrected chi connectivity index (χ1v) is 21.7. The summed E-state index contributed by atoms with van der Waals surface area (Å²) >= 11 is 0. The van der Waals surface area contributed by atoms with Crippen molar-refractivity contribution in [2.75, 3.05) is 9.80 Å². The van der Waals surface area contributed by atoms with Crippen molar-refractivity contribution >= 4 is 66.4 Å². The molecule has 0 bridgehead atoms. The molecule has 0 saturated heterocycles. The van der Waals surface area contributed by atoms with Crippen molar-refractivity contribution in [2.24, 2.45) is 0 Å². The Morgan fingerprint density at radius 2 is 1.14 bits per heavy atom. The van der Waals surface area contributed by atoms with Crippen LogP contribution in [-0.4, -0.2) is 14.1 Å². The van der Waals surface area contributed by atoms with E-state index in [4.69, 9.17) is 9.72 Å². The van der Waals surface area contributed by atoms with Crippen molar-refractivity contribution in [2.45, 2.75) is 26.2 Å². The Morgan fingerprint density at radius 3 is 1.86 bits per heavy atom. The number of rotatable bonds is 7. The van der Waals surface area contributed by atoms with Crippen molar-refractivity contribution in [3.05, 3.63) is 219 Å². The number of ether oxygens (including phenoxy) is 1. The molecule has 0 fully saturated rings. The maximum absolute atomic E-state index is 6.87. The molecule has 4 heterocycles. The second-order valence-corrected chi connectivity index (χ2v) is 17.4. The molecule has 0 aliphatic carbocycles. The Hall–Kier alpha value is -7.40. The molecule has 0 N–H and O–H groups in total. The first kappa shape index (κ1) is 40.4. The van der Waals surface area contributed by atoms with E-state index >= 15 is 0 Å². The van der Waals surface area contributed by atoms with E-state index in [-0.39, 0.29) is 26.5 Å². The molecule has 11 aromatic rings. The Bertz CT molecular complexity index is 3560. The molecule has 8 aromatic carbocycles. The zero-order chi connectivity index (χ0) is 42.9. The molecule has 1 aliphatic rings. The summed E-state index contributed by atoms with van der Waals surface area (Å²) < 4.78 is 11.4. The fraction of sp³-hybridized carbons (Fsp3) is 0.0690. The number of anilines is 4. The predicted molar refractivity (Wildman–Crippen MR) is 263 cm³/mol. The van der Waals surface area contributed by atoms with E-state index in [9.17, 15) is 0 Å². The monoisotopic (exact) mass is 1020 g/mol. The summed E-state index contributed by atoms with van der Waals surface area (Å²) in [5.74, 6) is 2.01. The smallest absolute Gasteiger partial charge is 0.137 e. The van der Waals surface area contributed by atoms with Gasteiger partial charge in [0.25, 0.3) is 0 Å². The predicted octanol–water partition coefficient (Wildman–Crippen LogP) is 15.0. The molecule has 6 nitrogen and oxygen atoms in total. The number of aromatic nitrogens is 3. The molecular weight excluding hydrogens is 978 g/mol. The van der Waals surface area contributed by atoms with Gasteiger partial charge in [-0.25, -0.2) is 4.98 Å². The Morgan fingerprint density at radius 1 is 0.492 bits per heavy atom. The van der Waals surface area contributed by atoms with Gasteiger partial charge in [-0.05, 0) is 70.5 Å². The summed E-state index contributed by atoms with van der Waals surface area (Å²) in [6, 6.07) is 73.4. The van der Waals surface area contributed by atoms with E-state index in [0.29, 0.717) is 11.5 Å². The van der Waals surface area contributed by atoms with Crippen LogP contribution in [0.2, 0.25) is 0 Å². The molecule has 318 valence electrons. The summed E-state index contributed by atoms with van der Waals surface area (Å²) in [6.45, 7) is 8.86. The van der Waals surface area contributed by atoms with Crippen LogP contribution in [-0.2, 0) is 26.5 Å². The van der Waals surface area contributed by atoms with Gasteiger partial charge >= 0.3 is 0 Å². The Kier molecular flexibility index (Phi) is 9.93. The van der Waals surface area contributed by atoms with Gasteiger partial charge in [-0.1, -0.05) is 135 Å². The van der Waals surface area contributed by atoms with E-state index in [0.717, 1.165) is 89.0 Å². The quantitative estimate of drug-likeness (QED) is 0.149. The van der Waals surface area contributed by atoms with Gasteiger partial charge in [0.15, 0.2) is 0 Å². The summed E-state index contributed by atoms with van der Waals surface area (Å²) in [7, 11) is 0. The largest absolute Gasteiger partial charge is 0.509 e. The Labute approximate surface area is 392 Å². The average Bonchev–Trinajstić information content (AvgIpc) is 3.99. The van der Waals surface area contributed by atoms with Crippen molar-refractivity contribution in [3.8, 4) is 34.1 Å². The van der Waals surface area contributed by atoms with Gasteiger partial charge in [0, 0.05) is 83.9 Å². The number of fused-ring (bicyclic) bond motifs is 7. The summed E-state index contributed by atoms with van der Waals surface area (Å²) in [6.07, 6.45) is 2.01. The minimum atomic E-state index is -0.173. The molecule has 0 spiro atoms. The van der Waals surface area contributed by atoms with Gasteiger partial charge in [-0.2, -0.15) is 6.07 Å². The zero-order valence-corrected chi connectivity index (χ0v) is 38.3. The maximum Gasteiger partial charge on any atom is 0.137 e. The topological polar surface area (TPSA) is 38.5 Å². The van der Waals surface area contributed by atoms with E-state index in [1.807, 2.05) is 12.3 Å². The third kappa shape index (κ3) is 6.97. The van der Waals surface area contributed by atoms with E-state index in [1.54, 1.807) is 0 Å². The molecule has 0 atom stereocenters. The van der Waals surface area contributed by atoms with Crippen LogP contribution in [0.15, 0.2) is 194 Å². The first-order valence-electron chi connectivity index (χ1n) is 21.7. The fourth-order valence-corrected chi connectivity index (χ4v) is 9.22. The standard InChI is InChI=1S/C58H42N5O.Pt/c1-58(2,3)41-32-44(61-38-60(42-19-9-5-10-20-42)56-31-40(27-30-53(56)61)39-17-7-4-8-18-39)34-46(33-41)64-45-28-29-49-47-23-13-16-26-52(47)63(54(49)35-45)57-36-55-50(37-59-57)48-24-14-15-25-51(48)62(55)43-21-11-6-12-22-43;/h4-33,36-38H,1-3H3;/q-3;. The molecular formula is C58H42N5OPt-3. The SMILES string of the molecule is CC(C)(C)c1cc(Oc2[c-]c3c(cc2)c2ccccc2n3-c2cc3c(cn2)c2ccccc2n3-c2ccccc2)[c-]c(N2[CH-]N(c3ccccc3)c3cc(-c4ccccc4)ccc32)c1.[Pt]. The molecule has 1 aliphatic heterocycles. The van der Waals surface area contributed by atoms with Gasteiger partial charge in [-0.3, -0.25) is 0 Å². The van der Waals surface area contributed by atoms with Gasteiger partial charge in [0.2, 0.25) is 0 Å². The Balaban J connectivity index is 0.00000469. The second-order valence-electron chi connectivity index (χ2n) is 17.4. The minimum Gasteiger partial charge on any atom is -0.509 e. The third-order valence-corrected chi connectivity index (χ3v) is 12.4. The second kappa shape index (κ2) is 16.0. The van der Waals surface area contributed by atoms with Crippen LogP contribution in [0.5, 0.6) is 11.5 Å². The molecule has 0 unspecified atom stereocenters. The van der Waals surface area contributed by atoms with Gasteiger partial charge in [0.1, 0.15) is 5.82 Å². The van der Waals surface area contributed by atoms with Gasteiger partial charge in [0.05, 0.1) is 11.0 Å². The fourth-order valence-electron chi connectivity index (χ4n) is 9.22. The minimum absolute atomic E-state index is 0. The number of hydrogen-bond acceptors (Lipinski definition) is 4. The number of pyridine rings is 1. The number of nitrogens with zero attached hydrogens (tertiary/aromatic N) is 5. The average molecular weight is 1020 g/mol. The molecule has 7 heteroatoms. The molecule has 3 aromatic heterocycles. The summed E-state index contributed by atoms with van der Waals surface area (Å²) in [5, 5.41) is 4.46. The van der Waals surface area contributed by atoms with Gasteiger partial charge in [-0.15, -0.1) is 53.6 Å². The molecule has 0 amide bonds. The van der Waals surface area contributed by atoms with E-state index in [2.05, 4.69) is 240 Å². The van der Waals surface area contributed by atoms with Crippen LogP contribution >= 0.6 is 0 Å². The third-order valence-electron chi connectivity index (χ3n) is 12.4. The van der Waals surface area contributed by atoms with Crippen LogP contribution in [0.4, 0.5) is 22.7 Å². The van der Waals surface area contributed by atoms with Crippen LogP contribution in [0.25, 0.3) is 66.2 Å². The number of hydrogen-bond donors (Lipinski definition) is 0. The van der Waals surface area contributed by atoms with Gasteiger partial charge < -0.3 is 23.7 Å². The van der Waals surface area contributed by atoms with Crippen molar-refractivity contribution in [3.63, 3.8) is 0 Å². The van der Waals surface area contributed by atoms with Crippen LogP contribution < -0.4 is 14.5 Å². The van der Waals surface area contributed by atoms with Crippen LogP contribution in [0, 0.1) is 18.8 Å². The first-order chi connectivity index (χ1) is 31.4. The molecule has 0 radical (unpaired) electrons. The zero-order valence-electron chi connectivity index (χ0n) is 36.0. The van der Waals surface area contributed by atoms with E-state index in [1.165, 1.54) is 5.56 Å². The number of para-hydroxylation sites is 4. The van der Waals surface area contributed by atoms with Crippen molar-refractivity contribution in [1.29, 1.82) is 0 Å². The van der Waals surface area contributed by atoms with Crippen molar-refractivity contribution < 1.29 is 25.8 Å². The summed E-state index contributed by atoms with van der Waals surface area (Å²) in [4.78, 5) is 9.63. The van der Waals surface area contributed by atoms with Crippen molar-refractivity contribution in [1.82, 2.24) is 14.1 Å². The van der Waals surface area contributed by atoms with Crippen LogP contribution in [0.3, 0.4) is 0 Å².